The lowest BCUT2D eigenvalue weighted by Gasteiger charge is -2.20. The summed E-state index contributed by atoms with van der Waals surface area (Å²) in [5.41, 5.74) is 6.75. The van der Waals surface area contributed by atoms with Gasteiger partial charge in [0.2, 0.25) is 0 Å². The van der Waals surface area contributed by atoms with Gasteiger partial charge < -0.3 is 5.73 Å². The standard InChI is InChI=1S/C10H13Br2NO2S/c1-6(16(2,14)15)10(13)8-5-7(11)3-4-9(8)12/h3-6,10H,13H2,1-2H3. The first-order valence-corrected chi connectivity index (χ1v) is 8.17. The van der Waals surface area contributed by atoms with Gasteiger partial charge in [-0.05, 0) is 30.7 Å². The molecule has 90 valence electrons. The molecule has 16 heavy (non-hydrogen) atoms. The van der Waals surface area contributed by atoms with E-state index in [4.69, 9.17) is 5.73 Å². The van der Waals surface area contributed by atoms with Crippen LogP contribution in [-0.2, 0) is 9.84 Å². The third kappa shape index (κ3) is 3.29. The highest BCUT2D eigenvalue weighted by atomic mass is 79.9. The zero-order chi connectivity index (χ0) is 12.5. The van der Waals surface area contributed by atoms with Gasteiger partial charge in [-0.15, -0.1) is 0 Å². The molecule has 0 heterocycles. The second-order valence-electron chi connectivity index (χ2n) is 3.73. The van der Waals surface area contributed by atoms with E-state index in [1.165, 1.54) is 6.26 Å². The predicted molar refractivity (Wildman–Crippen MR) is 73.1 cm³/mol. The highest BCUT2D eigenvalue weighted by Crippen LogP contribution is 2.29. The summed E-state index contributed by atoms with van der Waals surface area (Å²) in [6.45, 7) is 1.62. The monoisotopic (exact) mass is 369 g/mol. The fraction of sp³-hybridized carbons (Fsp3) is 0.400. The summed E-state index contributed by atoms with van der Waals surface area (Å²) in [6, 6.07) is 5.00. The zero-order valence-corrected chi connectivity index (χ0v) is 12.9. The number of halogens is 2. The van der Waals surface area contributed by atoms with E-state index in [9.17, 15) is 8.42 Å². The molecule has 1 aromatic rings. The lowest BCUT2D eigenvalue weighted by atomic mass is 10.1. The Labute approximate surface area is 113 Å². The zero-order valence-electron chi connectivity index (χ0n) is 8.94. The molecule has 2 atom stereocenters. The van der Waals surface area contributed by atoms with Gasteiger partial charge in [-0.2, -0.15) is 0 Å². The predicted octanol–water partition coefficient (Wildman–Crippen LogP) is 2.64. The van der Waals surface area contributed by atoms with E-state index in [1.54, 1.807) is 6.92 Å². The SMILES string of the molecule is CC(C(N)c1cc(Br)ccc1Br)S(C)(=O)=O. The molecule has 0 fully saturated rings. The summed E-state index contributed by atoms with van der Waals surface area (Å²) >= 11 is 6.71. The number of benzene rings is 1. The van der Waals surface area contributed by atoms with Crippen LogP contribution in [0.3, 0.4) is 0 Å². The maximum atomic E-state index is 11.4. The lowest BCUT2D eigenvalue weighted by molar-refractivity contribution is 0.570. The molecular weight excluding hydrogens is 358 g/mol. The van der Waals surface area contributed by atoms with Crippen molar-refractivity contribution in [3.63, 3.8) is 0 Å². The molecule has 0 bridgehead atoms. The molecule has 0 aliphatic carbocycles. The van der Waals surface area contributed by atoms with Crippen molar-refractivity contribution in [1.82, 2.24) is 0 Å². The van der Waals surface area contributed by atoms with Crippen LogP contribution < -0.4 is 5.73 Å². The Morgan fingerprint density at radius 1 is 1.31 bits per heavy atom. The molecule has 0 spiro atoms. The first-order valence-electron chi connectivity index (χ1n) is 4.63. The van der Waals surface area contributed by atoms with Crippen molar-refractivity contribution in [2.45, 2.75) is 18.2 Å². The Bertz CT molecular complexity index is 488. The van der Waals surface area contributed by atoms with Crippen LogP contribution in [0.1, 0.15) is 18.5 Å². The molecule has 1 aromatic carbocycles. The van der Waals surface area contributed by atoms with Crippen LogP contribution in [0, 0.1) is 0 Å². The number of hydrogen-bond donors (Lipinski definition) is 1. The minimum atomic E-state index is -3.14. The van der Waals surface area contributed by atoms with E-state index in [-0.39, 0.29) is 0 Å². The summed E-state index contributed by atoms with van der Waals surface area (Å²) in [4.78, 5) is 0. The molecular formula is C10H13Br2NO2S. The fourth-order valence-electron chi connectivity index (χ4n) is 1.29. The topological polar surface area (TPSA) is 60.2 Å². The van der Waals surface area contributed by atoms with Crippen LogP contribution in [0.4, 0.5) is 0 Å². The van der Waals surface area contributed by atoms with Crippen LogP contribution >= 0.6 is 31.9 Å². The van der Waals surface area contributed by atoms with E-state index in [0.717, 1.165) is 14.5 Å². The summed E-state index contributed by atoms with van der Waals surface area (Å²) < 4.78 is 24.6. The molecule has 0 amide bonds. The van der Waals surface area contributed by atoms with Gasteiger partial charge in [-0.3, -0.25) is 0 Å². The third-order valence-corrected chi connectivity index (χ3v) is 5.36. The summed E-state index contributed by atoms with van der Waals surface area (Å²) in [6.07, 6.45) is 1.20. The molecule has 0 saturated carbocycles. The van der Waals surface area contributed by atoms with Gasteiger partial charge in [0.1, 0.15) is 0 Å². The number of nitrogens with two attached hydrogens (primary N) is 1. The maximum Gasteiger partial charge on any atom is 0.151 e. The Morgan fingerprint density at radius 2 is 1.88 bits per heavy atom. The lowest BCUT2D eigenvalue weighted by Crippen LogP contribution is -2.30. The van der Waals surface area contributed by atoms with Gasteiger partial charge >= 0.3 is 0 Å². The molecule has 3 nitrogen and oxygen atoms in total. The molecule has 0 aromatic heterocycles. The second kappa shape index (κ2) is 5.16. The minimum Gasteiger partial charge on any atom is -0.323 e. The van der Waals surface area contributed by atoms with Gasteiger partial charge in [0.25, 0.3) is 0 Å². The number of sulfone groups is 1. The van der Waals surface area contributed by atoms with Gasteiger partial charge in [0, 0.05) is 21.2 Å². The van der Waals surface area contributed by atoms with Crippen molar-refractivity contribution < 1.29 is 8.42 Å². The molecule has 0 aliphatic heterocycles. The minimum absolute atomic E-state index is 0.540. The van der Waals surface area contributed by atoms with E-state index in [2.05, 4.69) is 31.9 Å². The van der Waals surface area contributed by atoms with E-state index in [1.807, 2.05) is 18.2 Å². The van der Waals surface area contributed by atoms with Crippen molar-refractivity contribution >= 4 is 41.7 Å². The highest BCUT2D eigenvalue weighted by Gasteiger charge is 2.25. The van der Waals surface area contributed by atoms with Crippen molar-refractivity contribution in [3.8, 4) is 0 Å². The third-order valence-electron chi connectivity index (χ3n) is 2.50. The maximum absolute atomic E-state index is 11.4. The smallest absolute Gasteiger partial charge is 0.151 e. The highest BCUT2D eigenvalue weighted by molar-refractivity contribution is 9.11. The van der Waals surface area contributed by atoms with Crippen LogP contribution in [0.2, 0.25) is 0 Å². The normalized spacial score (nSPS) is 15.8. The molecule has 6 heteroatoms. The largest absolute Gasteiger partial charge is 0.323 e. The average Bonchev–Trinajstić information content (AvgIpc) is 2.18. The van der Waals surface area contributed by atoms with E-state index in [0.29, 0.717) is 0 Å². The average molecular weight is 371 g/mol. The Kier molecular flexibility index (Phi) is 4.57. The molecule has 0 aliphatic rings. The van der Waals surface area contributed by atoms with Gasteiger partial charge in [-0.25, -0.2) is 8.42 Å². The Balaban J connectivity index is 3.14. The number of hydrogen-bond acceptors (Lipinski definition) is 3. The number of rotatable bonds is 3. The van der Waals surface area contributed by atoms with Crippen LogP contribution in [0.25, 0.3) is 0 Å². The van der Waals surface area contributed by atoms with Crippen molar-refractivity contribution in [2.75, 3.05) is 6.26 Å². The van der Waals surface area contributed by atoms with Crippen molar-refractivity contribution in [1.29, 1.82) is 0 Å². The van der Waals surface area contributed by atoms with Crippen LogP contribution in [-0.4, -0.2) is 19.9 Å². The quantitative estimate of drug-likeness (QED) is 0.889. The van der Waals surface area contributed by atoms with Crippen LogP contribution in [0.5, 0.6) is 0 Å². The van der Waals surface area contributed by atoms with Gasteiger partial charge in [0.15, 0.2) is 9.84 Å². The summed E-state index contributed by atoms with van der Waals surface area (Å²) in [5.74, 6) is 0. The first kappa shape index (κ1) is 14.2. The molecule has 2 unspecified atom stereocenters. The van der Waals surface area contributed by atoms with Crippen molar-refractivity contribution in [3.05, 3.63) is 32.7 Å². The van der Waals surface area contributed by atoms with E-state index < -0.39 is 21.1 Å². The van der Waals surface area contributed by atoms with Gasteiger partial charge in [0.05, 0.1) is 5.25 Å². The van der Waals surface area contributed by atoms with E-state index >= 15 is 0 Å². The Hall–Kier alpha value is 0.0900. The summed E-state index contributed by atoms with van der Waals surface area (Å²) in [5, 5.41) is -0.613. The molecule has 2 N–H and O–H groups in total. The second-order valence-corrected chi connectivity index (χ2v) is 7.90. The van der Waals surface area contributed by atoms with Crippen LogP contribution in [0.15, 0.2) is 27.1 Å². The molecule has 0 saturated heterocycles. The van der Waals surface area contributed by atoms with Crippen molar-refractivity contribution in [2.24, 2.45) is 5.73 Å². The summed E-state index contributed by atoms with van der Waals surface area (Å²) in [7, 11) is -3.14. The first-order chi connectivity index (χ1) is 7.23. The Morgan fingerprint density at radius 3 is 2.38 bits per heavy atom. The molecule has 1 rings (SSSR count). The molecule has 0 radical (unpaired) electrons. The van der Waals surface area contributed by atoms with Gasteiger partial charge in [-0.1, -0.05) is 31.9 Å². The fourth-order valence-corrected chi connectivity index (χ4v) is 2.86.